The Kier molecular flexibility index (Phi) is 3.31. The summed E-state index contributed by atoms with van der Waals surface area (Å²) in [6, 6.07) is 8.39. The van der Waals surface area contributed by atoms with E-state index in [1.54, 1.807) is 11.8 Å². The van der Waals surface area contributed by atoms with Crippen molar-refractivity contribution in [3.05, 3.63) is 64.8 Å². The van der Waals surface area contributed by atoms with Crippen molar-refractivity contribution >= 4 is 11.8 Å². The summed E-state index contributed by atoms with van der Waals surface area (Å²) in [5.41, 5.74) is 4.88. The Bertz CT molecular complexity index is 644. The maximum Gasteiger partial charge on any atom is 0.100 e. The third kappa shape index (κ3) is 2.15. The molecule has 0 saturated carbocycles. The second kappa shape index (κ2) is 5.11. The van der Waals surface area contributed by atoms with Gasteiger partial charge in [-0.3, -0.25) is 0 Å². The zero-order valence-electron chi connectivity index (χ0n) is 10.9. The molecule has 0 aromatic heterocycles. The van der Waals surface area contributed by atoms with E-state index in [9.17, 15) is 5.26 Å². The van der Waals surface area contributed by atoms with E-state index in [1.165, 1.54) is 16.7 Å². The molecule has 1 aliphatic carbocycles. The van der Waals surface area contributed by atoms with E-state index in [2.05, 4.69) is 43.4 Å². The van der Waals surface area contributed by atoms with Gasteiger partial charge in [-0.25, -0.2) is 0 Å². The van der Waals surface area contributed by atoms with Crippen LogP contribution in [0.2, 0.25) is 0 Å². The van der Waals surface area contributed by atoms with Crippen LogP contribution in [0.4, 0.5) is 0 Å². The number of rotatable bonds is 0. The number of hydrogen-bond donors (Lipinski definition) is 0. The summed E-state index contributed by atoms with van der Waals surface area (Å²) in [4.78, 5) is 1.16. The molecule has 1 aromatic rings. The lowest BCUT2D eigenvalue weighted by Crippen LogP contribution is -1.99. The molecule has 0 N–H and O–H groups in total. The van der Waals surface area contributed by atoms with Crippen LogP contribution in [-0.2, 0) is 0 Å². The van der Waals surface area contributed by atoms with E-state index in [1.807, 2.05) is 12.1 Å². The maximum atomic E-state index is 9.27. The van der Waals surface area contributed by atoms with Crippen LogP contribution in [-0.4, -0.2) is 5.75 Å². The number of nitriles is 1. The molecule has 1 atom stereocenters. The summed E-state index contributed by atoms with van der Waals surface area (Å²) in [6.07, 6.45) is 9.95. The van der Waals surface area contributed by atoms with Crippen LogP contribution in [0.5, 0.6) is 0 Å². The molecule has 1 aliphatic heterocycles. The van der Waals surface area contributed by atoms with E-state index in [4.69, 9.17) is 0 Å². The van der Waals surface area contributed by atoms with Gasteiger partial charge in [0.25, 0.3) is 0 Å². The molecule has 1 heterocycles. The van der Waals surface area contributed by atoms with Gasteiger partial charge in [0.15, 0.2) is 0 Å². The standard InChI is InChI=1S/C17H15NS/c1-12-15-8-4-2-3-6-14(15)11-19-17-13(10-18)7-5-9-16(12)17/h3-9,12H,2,11H2,1H3. The topological polar surface area (TPSA) is 23.8 Å². The first-order valence-electron chi connectivity index (χ1n) is 6.53. The number of benzene rings is 1. The predicted molar refractivity (Wildman–Crippen MR) is 80.2 cm³/mol. The first-order valence-corrected chi connectivity index (χ1v) is 7.51. The number of hydrogen-bond acceptors (Lipinski definition) is 2. The van der Waals surface area contributed by atoms with Gasteiger partial charge in [0.05, 0.1) is 5.56 Å². The average Bonchev–Trinajstić information content (AvgIpc) is 2.74. The Balaban J connectivity index is 2.16. The highest BCUT2D eigenvalue weighted by Gasteiger charge is 2.22. The molecule has 2 aliphatic rings. The fourth-order valence-corrected chi connectivity index (χ4v) is 3.95. The number of fused-ring (bicyclic) bond motifs is 1. The van der Waals surface area contributed by atoms with Crippen LogP contribution in [0.15, 0.2) is 58.5 Å². The molecule has 94 valence electrons. The average molecular weight is 265 g/mol. The molecule has 0 bridgehead atoms. The Morgan fingerprint density at radius 3 is 2.95 bits per heavy atom. The van der Waals surface area contributed by atoms with Gasteiger partial charge in [-0.05, 0) is 29.2 Å². The van der Waals surface area contributed by atoms with Gasteiger partial charge >= 0.3 is 0 Å². The van der Waals surface area contributed by atoms with Crippen molar-refractivity contribution in [2.75, 3.05) is 5.75 Å². The van der Waals surface area contributed by atoms with Gasteiger partial charge in [0.1, 0.15) is 6.07 Å². The molecule has 0 saturated heterocycles. The van der Waals surface area contributed by atoms with Gasteiger partial charge in [-0.2, -0.15) is 5.26 Å². The predicted octanol–water partition coefficient (Wildman–Crippen LogP) is 4.58. The summed E-state index contributed by atoms with van der Waals surface area (Å²) in [5.74, 6) is 1.30. The van der Waals surface area contributed by atoms with Crippen LogP contribution >= 0.6 is 11.8 Å². The molecular formula is C17H15NS. The lowest BCUT2D eigenvalue weighted by atomic mass is 9.89. The smallest absolute Gasteiger partial charge is 0.100 e. The van der Waals surface area contributed by atoms with E-state index in [-0.39, 0.29) is 0 Å². The molecule has 1 nitrogen and oxygen atoms in total. The highest BCUT2D eigenvalue weighted by Crippen LogP contribution is 2.41. The number of nitrogens with zero attached hydrogens (tertiary/aromatic N) is 1. The molecule has 1 unspecified atom stereocenters. The van der Waals surface area contributed by atoms with Crippen LogP contribution in [0.3, 0.4) is 0 Å². The highest BCUT2D eigenvalue weighted by molar-refractivity contribution is 7.99. The van der Waals surface area contributed by atoms with Gasteiger partial charge in [-0.1, -0.05) is 43.4 Å². The van der Waals surface area contributed by atoms with Gasteiger partial charge < -0.3 is 0 Å². The molecular weight excluding hydrogens is 250 g/mol. The van der Waals surface area contributed by atoms with E-state index >= 15 is 0 Å². The van der Waals surface area contributed by atoms with E-state index < -0.39 is 0 Å². The first-order chi connectivity index (χ1) is 9.31. The van der Waals surface area contributed by atoms with Crippen molar-refractivity contribution < 1.29 is 0 Å². The monoisotopic (exact) mass is 265 g/mol. The van der Waals surface area contributed by atoms with E-state index in [0.717, 1.165) is 22.6 Å². The van der Waals surface area contributed by atoms with Crippen molar-refractivity contribution in [1.82, 2.24) is 0 Å². The van der Waals surface area contributed by atoms with Crippen molar-refractivity contribution in [1.29, 1.82) is 5.26 Å². The van der Waals surface area contributed by atoms with Crippen molar-refractivity contribution in [3.8, 4) is 6.07 Å². The minimum Gasteiger partial charge on any atom is -0.192 e. The summed E-state index contributed by atoms with van der Waals surface area (Å²) in [7, 11) is 0. The minimum absolute atomic E-state index is 0.354. The first kappa shape index (κ1) is 12.3. The Morgan fingerprint density at radius 2 is 2.11 bits per heavy atom. The number of allylic oxidation sites excluding steroid dienone is 5. The fourth-order valence-electron chi connectivity index (χ4n) is 2.70. The molecule has 3 rings (SSSR count). The van der Waals surface area contributed by atoms with Crippen LogP contribution in [0, 0.1) is 11.3 Å². The maximum absolute atomic E-state index is 9.27. The van der Waals surface area contributed by atoms with Crippen LogP contribution < -0.4 is 0 Å². The van der Waals surface area contributed by atoms with Gasteiger partial charge in [0.2, 0.25) is 0 Å². The van der Waals surface area contributed by atoms with Crippen molar-refractivity contribution in [2.45, 2.75) is 24.2 Å². The van der Waals surface area contributed by atoms with Crippen molar-refractivity contribution in [2.24, 2.45) is 0 Å². The van der Waals surface area contributed by atoms with E-state index in [0.29, 0.717) is 5.92 Å². The van der Waals surface area contributed by atoms with Crippen molar-refractivity contribution in [3.63, 3.8) is 0 Å². The Morgan fingerprint density at radius 1 is 1.26 bits per heavy atom. The third-order valence-electron chi connectivity index (χ3n) is 3.73. The third-order valence-corrected chi connectivity index (χ3v) is 4.93. The molecule has 1 aromatic carbocycles. The normalized spacial score (nSPS) is 21.2. The molecule has 0 radical (unpaired) electrons. The molecule has 0 spiro atoms. The second-order valence-corrected chi connectivity index (χ2v) is 5.85. The highest BCUT2D eigenvalue weighted by atomic mass is 32.2. The molecule has 0 fully saturated rings. The van der Waals surface area contributed by atoms with Gasteiger partial charge in [0, 0.05) is 16.6 Å². The lowest BCUT2D eigenvalue weighted by molar-refractivity contribution is 0.888. The van der Waals surface area contributed by atoms with Gasteiger partial charge in [-0.15, -0.1) is 11.8 Å². The lowest BCUT2D eigenvalue weighted by Gasteiger charge is -2.15. The molecule has 0 amide bonds. The molecule has 2 heteroatoms. The Labute approximate surface area is 118 Å². The molecule has 19 heavy (non-hydrogen) atoms. The second-order valence-electron chi connectivity index (χ2n) is 4.87. The SMILES string of the molecule is CC1C2=C(C=CCC=C2)CSc2c(C#N)cccc21. The fraction of sp³-hybridized carbons (Fsp3) is 0.235. The summed E-state index contributed by atoms with van der Waals surface area (Å²) >= 11 is 1.79. The summed E-state index contributed by atoms with van der Waals surface area (Å²) < 4.78 is 0. The zero-order chi connectivity index (χ0) is 13.2. The zero-order valence-corrected chi connectivity index (χ0v) is 11.7. The number of thioether (sulfide) groups is 1. The largest absolute Gasteiger partial charge is 0.192 e. The Hall–Kier alpha value is -1.72. The quantitative estimate of drug-likeness (QED) is 0.685. The minimum atomic E-state index is 0.354. The summed E-state index contributed by atoms with van der Waals surface area (Å²) in [6.45, 7) is 2.24. The summed E-state index contributed by atoms with van der Waals surface area (Å²) in [5, 5.41) is 9.27. The van der Waals surface area contributed by atoms with Crippen LogP contribution in [0.25, 0.3) is 0 Å². The van der Waals surface area contributed by atoms with Crippen LogP contribution in [0.1, 0.15) is 30.4 Å².